The first-order valence-corrected chi connectivity index (χ1v) is 12.6. The van der Waals surface area contributed by atoms with Crippen LogP contribution in [-0.2, 0) is 14.8 Å². The van der Waals surface area contributed by atoms with Crippen molar-refractivity contribution in [1.82, 2.24) is 14.2 Å². The first kappa shape index (κ1) is 23.6. The molecular weight excluding hydrogens is 420 g/mol. The lowest BCUT2D eigenvalue weighted by molar-refractivity contribution is 0.0164. The minimum absolute atomic E-state index is 0.249. The average molecular weight is 455 g/mol. The van der Waals surface area contributed by atoms with Crippen molar-refractivity contribution < 1.29 is 22.7 Å². The van der Waals surface area contributed by atoms with Crippen LogP contribution in [0.25, 0.3) is 0 Å². The van der Waals surface area contributed by atoms with E-state index in [1.54, 1.807) is 11.1 Å². The summed E-state index contributed by atoms with van der Waals surface area (Å²) in [5, 5.41) is 0. The maximum Gasteiger partial charge on any atom is 0.410 e. The molecule has 2 aliphatic heterocycles. The van der Waals surface area contributed by atoms with Crippen molar-refractivity contribution in [3.8, 4) is 5.88 Å². The number of nitrogens with zero attached hydrogens (tertiary/aromatic N) is 4. The van der Waals surface area contributed by atoms with Crippen molar-refractivity contribution in [2.45, 2.75) is 39.2 Å². The Morgan fingerprint density at radius 1 is 1.10 bits per heavy atom. The Morgan fingerprint density at radius 2 is 1.74 bits per heavy atom. The number of pyridine rings is 1. The van der Waals surface area contributed by atoms with E-state index in [0.29, 0.717) is 57.7 Å². The van der Waals surface area contributed by atoms with Gasteiger partial charge in [-0.3, -0.25) is 0 Å². The van der Waals surface area contributed by atoms with E-state index in [1.807, 2.05) is 32.9 Å². The molecule has 1 amide bonds. The van der Waals surface area contributed by atoms with Gasteiger partial charge in [0.1, 0.15) is 5.60 Å². The van der Waals surface area contributed by atoms with Crippen LogP contribution >= 0.6 is 0 Å². The Morgan fingerprint density at radius 3 is 2.26 bits per heavy atom. The fraction of sp³-hybridized carbons (Fsp3) is 0.714. The quantitative estimate of drug-likeness (QED) is 0.673. The number of hydrogen-bond donors (Lipinski definition) is 0. The summed E-state index contributed by atoms with van der Waals surface area (Å²) >= 11 is 0. The lowest BCUT2D eigenvalue weighted by Crippen LogP contribution is -2.48. The smallest absolute Gasteiger partial charge is 0.410 e. The molecule has 1 aromatic heterocycles. The average Bonchev–Trinajstić information content (AvgIpc) is 2.71. The van der Waals surface area contributed by atoms with Gasteiger partial charge in [-0.15, -0.1) is 0 Å². The number of aromatic nitrogens is 1. The molecule has 0 saturated carbocycles. The summed E-state index contributed by atoms with van der Waals surface area (Å²) in [5.74, 6) is 0.956. The van der Waals surface area contributed by atoms with Crippen molar-refractivity contribution in [2.75, 3.05) is 57.0 Å². The van der Waals surface area contributed by atoms with Gasteiger partial charge in [-0.2, -0.15) is 4.31 Å². The SMILES string of the molecule is CC(C)(C)OC(=O)N1CCC(COc2ccc(N3CCN(S(C)(=O)=O)CC3)cn2)CC1. The third-order valence-electron chi connectivity index (χ3n) is 5.53. The van der Waals surface area contributed by atoms with E-state index >= 15 is 0 Å². The van der Waals surface area contributed by atoms with Gasteiger partial charge in [0, 0.05) is 45.3 Å². The standard InChI is InChI=1S/C21H34N4O5S/c1-21(2,3)30-20(26)24-9-7-17(8-10-24)16-29-19-6-5-18(15-22-19)23-11-13-25(14-12-23)31(4,27)28/h5-6,15,17H,7-14,16H2,1-4H3. The molecule has 0 radical (unpaired) electrons. The van der Waals surface area contributed by atoms with Crippen molar-refractivity contribution in [1.29, 1.82) is 0 Å². The summed E-state index contributed by atoms with van der Waals surface area (Å²) < 4.78 is 36.1. The number of rotatable bonds is 5. The number of piperidine rings is 1. The van der Waals surface area contributed by atoms with Gasteiger partial charge in [0.05, 0.1) is 24.7 Å². The highest BCUT2D eigenvalue weighted by Crippen LogP contribution is 2.22. The Kier molecular flexibility index (Phi) is 7.31. The number of ether oxygens (including phenoxy) is 2. The number of piperazine rings is 1. The molecule has 3 rings (SSSR count). The lowest BCUT2D eigenvalue weighted by atomic mass is 9.98. The summed E-state index contributed by atoms with van der Waals surface area (Å²) in [6.07, 6.45) is 4.53. The lowest BCUT2D eigenvalue weighted by Gasteiger charge is -2.34. The minimum Gasteiger partial charge on any atom is -0.477 e. The van der Waals surface area contributed by atoms with Crippen molar-refractivity contribution in [2.24, 2.45) is 5.92 Å². The van der Waals surface area contributed by atoms with E-state index < -0.39 is 15.6 Å². The van der Waals surface area contributed by atoms with Gasteiger partial charge in [-0.25, -0.2) is 18.2 Å². The number of carbonyl (C=O) groups is 1. The molecule has 9 nitrogen and oxygen atoms in total. The molecule has 0 bridgehead atoms. The number of carbonyl (C=O) groups excluding carboxylic acids is 1. The van der Waals surface area contributed by atoms with Crippen LogP contribution in [0.1, 0.15) is 33.6 Å². The normalized spacial score (nSPS) is 19.4. The fourth-order valence-electron chi connectivity index (χ4n) is 3.73. The zero-order valence-corrected chi connectivity index (χ0v) is 19.7. The van der Waals surface area contributed by atoms with Crippen LogP contribution in [0.4, 0.5) is 10.5 Å². The highest BCUT2D eigenvalue weighted by Gasteiger charge is 2.27. The van der Waals surface area contributed by atoms with E-state index in [-0.39, 0.29) is 6.09 Å². The van der Waals surface area contributed by atoms with Gasteiger partial charge in [0.15, 0.2) is 0 Å². The molecule has 2 fully saturated rings. The number of anilines is 1. The molecule has 174 valence electrons. The van der Waals surface area contributed by atoms with Crippen LogP contribution in [0.15, 0.2) is 18.3 Å². The second kappa shape index (κ2) is 9.60. The van der Waals surface area contributed by atoms with E-state index in [1.165, 1.54) is 10.6 Å². The van der Waals surface area contributed by atoms with Gasteiger partial charge in [-0.05, 0) is 45.6 Å². The number of amides is 1. The predicted octanol–water partition coefficient (Wildman–Crippen LogP) is 2.19. The molecule has 2 aliphatic rings. The van der Waals surface area contributed by atoms with Crippen molar-refractivity contribution in [3.05, 3.63) is 18.3 Å². The summed E-state index contributed by atoms with van der Waals surface area (Å²) in [7, 11) is -3.13. The number of likely N-dealkylation sites (tertiary alicyclic amines) is 1. The van der Waals surface area contributed by atoms with Gasteiger partial charge in [0.25, 0.3) is 0 Å². The van der Waals surface area contributed by atoms with Crippen LogP contribution in [0, 0.1) is 5.92 Å². The van der Waals surface area contributed by atoms with E-state index in [2.05, 4.69) is 9.88 Å². The largest absolute Gasteiger partial charge is 0.477 e. The number of sulfonamides is 1. The molecular formula is C21H34N4O5S. The van der Waals surface area contributed by atoms with Gasteiger partial charge in [0.2, 0.25) is 15.9 Å². The van der Waals surface area contributed by atoms with E-state index in [4.69, 9.17) is 9.47 Å². The second-order valence-corrected chi connectivity index (χ2v) is 11.2. The van der Waals surface area contributed by atoms with Crippen molar-refractivity contribution >= 4 is 21.8 Å². The molecule has 3 heterocycles. The van der Waals surface area contributed by atoms with Gasteiger partial charge in [-0.1, -0.05) is 0 Å². The first-order chi connectivity index (χ1) is 14.5. The highest BCUT2D eigenvalue weighted by molar-refractivity contribution is 7.88. The summed E-state index contributed by atoms with van der Waals surface area (Å²) in [6, 6.07) is 3.82. The first-order valence-electron chi connectivity index (χ1n) is 10.8. The van der Waals surface area contributed by atoms with Crippen LogP contribution in [0.5, 0.6) is 5.88 Å². The Labute approximate surface area is 185 Å². The molecule has 0 atom stereocenters. The molecule has 1 aromatic rings. The maximum absolute atomic E-state index is 12.2. The van der Waals surface area contributed by atoms with Crippen LogP contribution in [0.2, 0.25) is 0 Å². The van der Waals surface area contributed by atoms with Crippen LogP contribution in [0.3, 0.4) is 0 Å². The van der Waals surface area contributed by atoms with Gasteiger partial charge >= 0.3 is 6.09 Å². The molecule has 0 spiro atoms. The molecule has 10 heteroatoms. The molecule has 0 N–H and O–H groups in total. The molecule has 31 heavy (non-hydrogen) atoms. The third-order valence-corrected chi connectivity index (χ3v) is 6.83. The predicted molar refractivity (Wildman–Crippen MR) is 119 cm³/mol. The monoisotopic (exact) mass is 454 g/mol. The zero-order chi connectivity index (χ0) is 22.6. The summed E-state index contributed by atoms with van der Waals surface area (Å²) in [6.45, 7) is 9.80. The molecule has 0 aromatic carbocycles. The minimum atomic E-state index is -3.13. The van der Waals surface area contributed by atoms with Crippen LogP contribution < -0.4 is 9.64 Å². The topological polar surface area (TPSA) is 92.3 Å². The van der Waals surface area contributed by atoms with Crippen LogP contribution in [-0.4, -0.2) is 86.4 Å². The van der Waals surface area contributed by atoms with Gasteiger partial charge < -0.3 is 19.3 Å². The summed E-state index contributed by atoms with van der Waals surface area (Å²) in [4.78, 5) is 20.5. The van der Waals surface area contributed by atoms with E-state index in [9.17, 15) is 13.2 Å². The number of hydrogen-bond acceptors (Lipinski definition) is 7. The third kappa shape index (κ3) is 6.96. The molecule has 2 saturated heterocycles. The zero-order valence-electron chi connectivity index (χ0n) is 18.9. The maximum atomic E-state index is 12.2. The molecule has 0 unspecified atom stereocenters. The summed E-state index contributed by atoms with van der Waals surface area (Å²) in [5.41, 5.74) is 0.488. The highest BCUT2D eigenvalue weighted by atomic mass is 32.2. The molecule has 0 aliphatic carbocycles. The Bertz CT molecular complexity index is 838. The fourth-order valence-corrected chi connectivity index (χ4v) is 4.56. The van der Waals surface area contributed by atoms with E-state index in [0.717, 1.165) is 18.5 Å². The van der Waals surface area contributed by atoms with Crippen molar-refractivity contribution in [3.63, 3.8) is 0 Å². The Hall–Kier alpha value is -2.07. The second-order valence-electron chi connectivity index (χ2n) is 9.23. The Balaban J connectivity index is 1.41.